The van der Waals surface area contributed by atoms with Crippen molar-refractivity contribution in [1.82, 2.24) is 0 Å². The molecule has 0 radical (unpaired) electrons. The molecule has 0 spiro atoms. The fraction of sp³-hybridized carbons (Fsp3) is 0.744. The van der Waals surface area contributed by atoms with Crippen LogP contribution in [0.1, 0.15) is 123 Å². The first-order chi connectivity index (χ1) is 20.6. The summed E-state index contributed by atoms with van der Waals surface area (Å²) in [5, 5.41) is 11.0. The van der Waals surface area contributed by atoms with Crippen molar-refractivity contribution in [2.75, 3.05) is 6.61 Å². The zero-order valence-corrected chi connectivity index (χ0v) is 28.3. The van der Waals surface area contributed by atoms with E-state index < -0.39 is 5.97 Å². The molecule has 0 aliphatic heterocycles. The molecular formula is C39H56O5. The first-order valence-corrected chi connectivity index (χ1v) is 17.4. The third kappa shape index (κ3) is 4.56. The molecule has 5 fully saturated rings. The quantitative estimate of drug-likeness (QED) is 0.207. The Morgan fingerprint density at radius 2 is 1.64 bits per heavy atom. The molecular weight excluding hydrogens is 548 g/mol. The second-order valence-corrected chi connectivity index (χ2v) is 17.1. The first-order valence-electron chi connectivity index (χ1n) is 17.4. The van der Waals surface area contributed by atoms with Crippen LogP contribution in [0.15, 0.2) is 36.4 Å². The van der Waals surface area contributed by atoms with Gasteiger partial charge in [0.1, 0.15) is 5.75 Å². The van der Waals surface area contributed by atoms with Gasteiger partial charge in [0.25, 0.3) is 0 Å². The molecule has 242 valence electrons. The van der Waals surface area contributed by atoms with Gasteiger partial charge in [0.2, 0.25) is 0 Å². The molecule has 44 heavy (non-hydrogen) atoms. The number of aliphatic hydroxyl groups is 1. The van der Waals surface area contributed by atoms with Gasteiger partial charge in [-0.25, -0.2) is 4.79 Å². The average Bonchev–Trinajstić information content (AvgIpc) is 3.34. The number of carbonyl (C=O) groups excluding carboxylic acids is 2. The van der Waals surface area contributed by atoms with E-state index in [4.69, 9.17) is 9.47 Å². The van der Waals surface area contributed by atoms with Crippen LogP contribution < -0.4 is 4.74 Å². The predicted molar refractivity (Wildman–Crippen MR) is 173 cm³/mol. The van der Waals surface area contributed by atoms with Gasteiger partial charge < -0.3 is 14.6 Å². The normalized spacial score (nSPS) is 43.9. The minimum absolute atomic E-state index is 0.0296. The molecule has 5 aliphatic carbocycles. The molecule has 10 atom stereocenters. The maximum absolute atomic E-state index is 13.4. The van der Waals surface area contributed by atoms with Crippen LogP contribution in [-0.4, -0.2) is 29.8 Å². The lowest BCUT2D eigenvalue weighted by molar-refractivity contribution is -0.249. The molecule has 0 amide bonds. The SMILES string of the molecule is C=C(C)C1CCC2(COC(=O)c3cccc(OC(C)=O)c3)CC[C@]3(C)C(CCC4[C@@]5(C)CCC(O)C(C)(C)C5CC[C@]43C)C12. The summed E-state index contributed by atoms with van der Waals surface area (Å²) in [5.41, 5.74) is 2.38. The van der Waals surface area contributed by atoms with Crippen LogP contribution >= 0.6 is 0 Å². The smallest absolute Gasteiger partial charge is 0.338 e. The van der Waals surface area contributed by atoms with E-state index in [1.54, 1.807) is 24.3 Å². The number of ether oxygens (including phenoxy) is 2. The van der Waals surface area contributed by atoms with E-state index in [0.717, 1.165) is 32.1 Å². The fourth-order valence-corrected chi connectivity index (χ4v) is 12.7. The number of hydrogen-bond acceptors (Lipinski definition) is 5. The Hall–Kier alpha value is -2.14. The number of esters is 2. The van der Waals surface area contributed by atoms with Crippen LogP contribution in [-0.2, 0) is 9.53 Å². The van der Waals surface area contributed by atoms with Gasteiger partial charge in [-0.2, -0.15) is 0 Å². The second-order valence-electron chi connectivity index (χ2n) is 17.1. The van der Waals surface area contributed by atoms with Crippen molar-refractivity contribution < 1.29 is 24.2 Å². The summed E-state index contributed by atoms with van der Waals surface area (Å²) in [6.07, 6.45) is 11.3. The molecule has 6 rings (SSSR count). The maximum Gasteiger partial charge on any atom is 0.338 e. The largest absolute Gasteiger partial charge is 0.461 e. The van der Waals surface area contributed by atoms with Crippen molar-refractivity contribution >= 4 is 11.9 Å². The number of benzene rings is 1. The van der Waals surface area contributed by atoms with E-state index in [0.29, 0.717) is 47.5 Å². The zero-order chi connectivity index (χ0) is 31.9. The summed E-state index contributed by atoms with van der Waals surface area (Å²) in [7, 11) is 0. The van der Waals surface area contributed by atoms with Crippen molar-refractivity contribution in [2.45, 2.75) is 119 Å². The summed E-state index contributed by atoms with van der Waals surface area (Å²) >= 11 is 0. The third-order valence-corrected chi connectivity index (χ3v) is 15.0. The molecule has 5 aliphatic rings. The van der Waals surface area contributed by atoms with Crippen LogP contribution in [0, 0.1) is 56.7 Å². The molecule has 7 unspecified atom stereocenters. The molecule has 1 N–H and O–H groups in total. The van der Waals surface area contributed by atoms with Gasteiger partial charge in [-0.15, -0.1) is 0 Å². The Morgan fingerprint density at radius 3 is 2.34 bits per heavy atom. The fourth-order valence-electron chi connectivity index (χ4n) is 12.7. The molecule has 5 heteroatoms. The van der Waals surface area contributed by atoms with E-state index in [1.165, 1.54) is 44.6 Å². The summed E-state index contributed by atoms with van der Waals surface area (Å²) < 4.78 is 11.4. The van der Waals surface area contributed by atoms with Gasteiger partial charge in [0, 0.05) is 12.3 Å². The van der Waals surface area contributed by atoms with Gasteiger partial charge in [0.05, 0.1) is 18.3 Å². The Bertz CT molecular complexity index is 1330. The van der Waals surface area contributed by atoms with E-state index >= 15 is 0 Å². The Morgan fingerprint density at radius 1 is 0.886 bits per heavy atom. The van der Waals surface area contributed by atoms with Gasteiger partial charge in [-0.05, 0) is 141 Å². The van der Waals surface area contributed by atoms with E-state index in [9.17, 15) is 14.7 Å². The molecule has 1 aromatic rings. The topological polar surface area (TPSA) is 72.8 Å². The molecule has 0 aromatic heterocycles. The van der Waals surface area contributed by atoms with Gasteiger partial charge in [-0.3, -0.25) is 4.79 Å². The van der Waals surface area contributed by atoms with Crippen molar-refractivity contribution in [3.8, 4) is 5.75 Å². The molecule has 5 nitrogen and oxygen atoms in total. The van der Waals surface area contributed by atoms with Crippen molar-refractivity contribution in [3.63, 3.8) is 0 Å². The number of aliphatic hydroxyl groups excluding tert-OH is 1. The van der Waals surface area contributed by atoms with Crippen molar-refractivity contribution in [2.24, 2.45) is 56.7 Å². The molecule has 5 saturated carbocycles. The second kappa shape index (κ2) is 10.7. The van der Waals surface area contributed by atoms with Crippen LogP contribution in [0.3, 0.4) is 0 Å². The maximum atomic E-state index is 13.4. The van der Waals surface area contributed by atoms with Gasteiger partial charge in [-0.1, -0.05) is 52.8 Å². The number of rotatable bonds is 5. The highest BCUT2D eigenvalue weighted by Gasteiger charge is 2.71. The standard InChI is InChI=1S/C39H56O5/c1-24(2)28-14-19-39(23-43-34(42)26-10-9-11-27(22-26)44-25(3)40)21-20-37(7)29(33(28)39)12-13-31-36(6)17-16-32(41)35(4,5)30(36)15-18-38(31,37)8/h9-11,22,28-33,41H,1,12-21,23H2,2-8H3/t28?,29?,30?,31?,32?,33?,36-,37+,38+,39?/m0/s1. The minimum Gasteiger partial charge on any atom is -0.461 e. The Balaban J connectivity index is 1.28. The number of carbonyl (C=O) groups is 2. The molecule has 1 aromatic carbocycles. The van der Waals surface area contributed by atoms with Crippen molar-refractivity contribution in [3.05, 3.63) is 42.0 Å². The van der Waals surface area contributed by atoms with E-state index in [1.807, 2.05) is 0 Å². The predicted octanol–water partition coefficient (Wildman–Crippen LogP) is 8.79. The van der Waals surface area contributed by atoms with Crippen LogP contribution in [0.4, 0.5) is 0 Å². The average molecular weight is 605 g/mol. The molecule has 0 saturated heterocycles. The summed E-state index contributed by atoms with van der Waals surface area (Å²) in [6.45, 7) is 21.1. The highest BCUT2D eigenvalue weighted by atomic mass is 16.5. The van der Waals surface area contributed by atoms with E-state index in [2.05, 4.69) is 48.1 Å². The Kier molecular flexibility index (Phi) is 7.75. The zero-order valence-electron chi connectivity index (χ0n) is 28.3. The number of allylic oxidation sites excluding steroid dienone is 1. The highest BCUT2D eigenvalue weighted by molar-refractivity contribution is 5.90. The summed E-state index contributed by atoms with van der Waals surface area (Å²) in [6, 6.07) is 6.76. The lowest BCUT2D eigenvalue weighted by atomic mass is 9.32. The first kappa shape index (κ1) is 31.8. The summed E-state index contributed by atoms with van der Waals surface area (Å²) in [5.74, 6) is 2.35. The van der Waals surface area contributed by atoms with Crippen LogP contribution in [0.5, 0.6) is 5.75 Å². The minimum atomic E-state index is -0.407. The monoisotopic (exact) mass is 604 g/mol. The third-order valence-electron chi connectivity index (χ3n) is 15.0. The number of hydrogen-bond donors (Lipinski definition) is 1. The number of fused-ring (bicyclic) bond motifs is 7. The lowest BCUT2D eigenvalue weighted by Gasteiger charge is -2.73. The lowest BCUT2D eigenvalue weighted by Crippen LogP contribution is -2.66. The molecule has 0 bridgehead atoms. The van der Waals surface area contributed by atoms with Crippen molar-refractivity contribution in [1.29, 1.82) is 0 Å². The van der Waals surface area contributed by atoms with Crippen LogP contribution in [0.2, 0.25) is 0 Å². The van der Waals surface area contributed by atoms with Gasteiger partial charge in [0.15, 0.2) is 0 Å². The highest BCUT2D eigenvalue weighted by Crippen LogP contribution is 2.77. The molecule has 0 heterocycles. The van der Waals surface area contributed by atoms with E-state index in [-0.39, 0.29) is 39.1 Å². The Labute approximate surface area is 265 Å². The summed E-state index contributed by atoms with van der Waals surface area (Å²) in [4.78, 5) is 24.8. The van der Waals surface area contributed by atoms with Gasteiger partial charge >= 0.3 is 11.9 Å². The van der Waals surface area contributed by atoms with Crippen LogP contribution in [0.25, 0.3) is 0 Å².